The molecule has 3 rings (SSSR count). The number of anilines is 1. The molecule has 2 aromatic rings. The molecule has 104 valence electrons. The van der Waals surface area contributed by atoms with Crippen molar-refractivity contribution in [3.05, 3.63) is 58.9 Å². The molecule has 0 heterocycles. The fraction of sp³-hybridized carbons (Fsp3) is 0.294. The van der Waals surface area contributed by atoms with Crippen molar-refractivity contribution in [3.63, 3.8) is 0 Å². The number of hydrogen-bond acceptors (Lipinski definition) is 2. The Morgan fingerprint density at radius 2 is 1.80 bits per heavy atom. The molecule has 3 heteroatoms. The Morgan fingerprint density at radius 1 is 1.00 bits per heavy atom. The van der Waals surface area contributed by atoms with E-state index in [9.17, 15) is 4.39 Å². The zero-order valence-electron chi connectivity index (χ0n) is 11.4. The minimum Gasteiger partial charge on any atom is -0.489 e. The molecule has 0 unspecified atom stereocenters. The van der Waals surface area contributed by atoms with Gasteiger partial charge < -0.3 is 10.5 Å². The van der Waals surface area contributed by atoms with Gasteiger partial charge in [-0.3, -0.25) is 0 Å². The minimum atomic E-state index is -0.325. The topological polar surface area (TPSA) is 35.2 Å². The van der Waals surface area contributed by atoms with Crippen molar-refractivity contribution < 1.29 is 9.13 Å². The molecule has 2 aromatic carbocycles. The van der Waals surface area contributed by atoms with Crippen LogP contribution in [0, 0.1) is 5.82 Å². The van der Waals surface area contributed by atoms with Crippen molar-refractivity contribution >= 4 is 5.69 Å². The molecule has 1 aliphatic rings. The van der Waals surface area contributed by atoms with Crippen LogP contribution in [0.15, 0.2) is 36.4 Å². The molecule has 0 spiro atoms. The van der Waals surface area contributed by atoms with Gasteiger partial charge in [0, 0.05) is 5.69 Å². The Morgan fingerprint density at radius 3 is 2.60 bits per heavy atom. The van der Waals surface area contributed by atoms with E-state index in [1.807, 2.05) is 6.07 Å². The molecule has 0 radical (unpaired) electrons. The van der Waals surface area contributed by atoms with E-state index in [4.69, 9.17) is 10.5 Å². The second-order valence-corrected chi connectivity index (χ2v) is 5.32. The molecule has 0 saturated carbocycles. The highest BCUT2D eigenvalue weighted by Gasteiger charge is 2.10. The van der Waals surface area contributed by atoms with Gasteiger partial charge in [-0.15, -0.1) is 0 Å². The number of aryl methyl sites for hydroxylation is 2. The Labute approximate surface area is 118 Å². The Balaban J connectivity index is 1.71. The molecule has 0 amide bonds. The molecule has 20 heavy (non-hydrogen) atoms. The fourth-order valence-electron chi connectivity index (χ4n) is 2.72. The first kappa shape index (κ1) is 13.0. The molecule has 0 bridgehead atoms. The largest absolute Gasteiger partial charge is 0.489 e. The second kappa shape index (κ2) is 5.53. The normalized spacial score (nSPS) is 13.8. The lowest BCUT2D eigenvalue weighted by Crippen LogP contribution is -2.03. The summed E-state index contributed by atoms with van der Waals surface area (Å²) < 4.78 is 19.0. The lowest BCUT2D eigenvalue weighted by atomic mass is 9.92. The van der Waals surface area contributed by atoms with Crippen LogP contribution in [-0.2, 0) is 19.4 Å². The summed E-state index contributed by atoms with van der Waals surface area (Å²) in [5.74, 6) is 0.516. The SMILES string of the molecule is Nc1cc(F)cc(COc2ccc3c(c2)CCCC3)c1. The van der Waals surface area contributed by atoms with Gasteiger partial charge in [0.05, 0.1) is 0 Å². The molecular weight excluding hydrogens is 253 g/mol. The number of nitrogen functional groups attached to an aromatic ring is 1. The minimum absolute atomic E-state index is 0.325. The van der Waals surface area contributed by atoms with Crippen molar-refractivity contribution in [2.75, 3.05) is 5.73 Å². The maximum atomic E-state index is 13.2. The predicted molar refractivity (Wildman–Crippen MR) is 78.2 cm³/mol. The van der Waals surface area contributed by atoms with Crippen molar-refractivity contribution in [3.8, 4) is 5.75 Å². The van der Waals surface area contributed by atoms with E-state index in [1.165, 1.54) is 36.1 Å². The number of hydrogen-bond donors (Lipinski definition) is 1. The summed E-state index contributed by atoms with van der Waals surface area (Å²) in [7, 11) is 0. The smallest absolute Gasteiger partial charge is 0.125 e. The maximum absolute atomic E-state index is 13.2. The monoisotopic (exact) mass is 271 g/mol. The van der Waals surface area contributed by atoms with Crippen LogP contribution in [-0.4, -0.2) is 0 Å². The zero-order valence-corrected chi connectivity index (χ0v) is 11.4. The molecule has 0 saturated heterocycles. The summed E-state index contributed by atoms with van der Waals surface area (Å²) in [6, 6.07) is 10.7. The van der Waals surface area contributed by atoms with Crippen LogP contribution in [0.25, 0.3) is 0 Å². The summed E-state index contributed by atoms with van der Waals surface area (Å²) in [4.78, 5) is 0. The Hall–Kier alpha value is -2.03. The first-order valence-electron chi connectivity index (χ1n) is 7.00. The highest BCUT2D eigenvalue weighted by atomic mass is 19.1. The standard InChI is InChI=1S/C17H18FNO/c18-15-7-12(8-16(19)10-15)11-20-17-6-5-13-3-1-2-4-14(13)9-17/h5-10H,1-4,11,19H2. The van der Waals surface area contributed by atoms with Crippen LogP contribution in [0.4, 0.5) is 10.1 Å². The Kier molecular flexibility index (Phi) is 3.59. The van der Waals surface area contributed by atoms with Crippen LogP contribution in [0.1, 0.15) is 29.5 Å². The molecule has 0 atom stereocenters. The fourth-order valence-corrected chi connectivity index (χ4v) is 2.72. The summed E-state index contributed by atoms with van der Waals surface area (Å²) in [6.07, 6.45) is 4.81. The molecule has 0 fully saturated rings. The van der Waals surface area contributed by atoms with E-state index < -0.39 is 0 Å². The van der Waals surface area contributed by atoms with E-state index in [1.54, 1.807) is 6.07 Å². The van der Waals surface area contributed by atoms with Crippen molar-refractivity contribution in [1.82, 2.24) is 0 Å². The third kappa shape index (κ3) is 2.93. The van der Waals surface area contributed by atoms with Gasteiger partial charge in [0.2, 0.25) is 0 Å². The van der Waals surface area contributed by atoms with E-state index in [0.29, 0.717) is 12.3 Å². The van der Waals surface area contributed by atoms with Gasteiger partial charge in [-0.1, -0.05) is 6.07 Å². The van der Waals surface area contributed by atoms with Crippen molar-refractivity contribution in [2.24, 2.45) is 0 Å². The number of ether oxygens (including phenoxy) is 1. The molecule has 2 N–H and O–H groups in total. The van der Waals surface area contributed by atoms with Gasteiger partial charge in [0.15, 0.2) is 0 Å². The summed E-state index contributed by atoms with van der Waals surface area (Å²) in [5, 5.41) is 0. The van der Waals surface area contributed by atoms with Gasteiger partial charge in [-0.05, 0) is 72.7 Å². The van der Waals surface area contributed by atoms with Crippen LogP contribution in [0.3, 0.4) is 0 Å². The molecule has 0 aliphatic heterocycles. The van der Waals surface area contributed by atoms with E-state index >= 15 is 0 Å². The predicted octanol–water partition coefficient (Wildman–Crippen LogP) is 3.87. The molecule has 0 aromatic heterocycles. The van der Waals surface area contributed by atoms with Gasteiger partial charge >= 0.3 is 0 Å². The summed E-state index contributed by atoms with van der Waals surface area (Å²) in [5.41, 5.74) is 9.61. The summed E-state index contributed by atoms with van der Waals surface area (Å²) in [6.45, 7) is 0.334. The second-order valence-electron chi connectivity index (χ2n) is 5.32. The average Bonchev–Trinajstić information content (AvgIpc) is 2.44. The number of fused-ring (bicyclic) bond motifs is 1. The Bertz CT molecular complexity index is 604. The molecule has 1 aliphatic carbocycles. The van der Waals surface area contributed by atoms with Crippen molar-refractivity contribution in [2.45, 2.75) is 32.3 Å². The van der Waals surface area contributed by atoms with Gasteiger partial charge in [0.25, 0.3) is 0 Å². The van der Waals surface area contributed by atoms with Crippen LogP contribution in [0.2, 0.25) is 0 Å². The first-order chi connectivity index (χ1) is 9.70. The van der Waals surface area contributed by atoms with Gasteiger partial charge in [0.1, 0.15) is 18.2 Å². The van der Waals surface area contributed by atoms with Crippen LogP contribution in [0.5, 0.6) is 5.75 Å². The number of nitrogens with two attached hydrogens (primary N) is 1. The third-order valence-electron chi connectivity index (χ3n) is 3.71. The zero-order chi connectivity index (χ0) is 13.9. The number of halogens is 1. The maximum Gasteiger partial charge on any atom is 0.125 e. The third-order valence-corrected chi connectivity index (χ3v) is 3.71. The van der Waals surface area contributed by atoms with Crippen molar-refractivity contribution in [1.29, 1.82) is 0 Å². The number of benzene rings is 2. The van der Waals surface area contributed by atoms with E-state index in [-0.39, 0.29) is 5.82 Å². The quantitative estimate of drug-likeness (QED) is 0.860. The average molecular weight is 271 g/mol. The highest BCUT2D eigenvalue weighted by molar-refractivity contribution is 5.41. The summed E-state index contributed by atoms with van der Waals surface area (Å²) >= 11 is 0. The number of rotatable bonds is 3. The van der Waals surface area contributed by atoms with Crippen LogP contribution >= 0.6 is 0 Å². The lowest BCUT2D eigenvalue weighted by molar-refractivity contribution is 0.305. The van der Waals surface area contributed by atoms with Crippen LogP contribution < -0.4 is 10.5 Å². The molecule has 2 nitrogen and oxygen atoms in total. The lowest BCUT2D eigenvalue weighted by Gasteiger charge is -2.17. The van der Waals surface area contributed by atoms with Gasteiger partial charge in [-0.2, -0.15) is 0 Å². The molecular formula is C17H18FNO. The highest BCUT2D eigenvalue weighted by Crippen LogP contribution is 2.26. The van der Waals surface area contributed by atoms with E-state index in [2.05, 4.69) is 12.1 Å². The first-order valence-corrected chi connectivity index (χ1v) is 7.00. The van der Waals surface area contributed by atoms with Gasteiger partial charge in [-0.25, -0.2) is 4.39 Å². The van der Waals surface area contributed by atoms with E-state index in [0.717, 1.165) is 24.2 Å².